The molecule has 0 bridgehead atoms. The largest absolute Gasteiger partial charge is 0.492 e. The lowest BCUT2D eigenvalue weighted by atomic mass is 9.93. The van der Waals surface area contributed by atoms with E-state index in [1.807, 2.05) is 18.2 Å². The highest BCUT2D eigenvalue weighted by Crippen LogP contribution is 2.43. The average molecular weight is 363 g/mol. The van der Waals surface area contributed by atoms with Gasteiger partial charge in [-0.3, -0.25) is 14.9 Å². The second kappa shape index (κ2) is 6.09. The van der Waals surface area contributed by atoms with Gasteiger partial charge < -0.3 is 15.0 Å². The zero-order valence-electron chi connectivity index (χ0n) is 15.2. The molecule has 0 fully saturated rings. The Balaban J connectivity index is 1.79. The molecule has 1 aliphatic carbocycles. The van der Waals surface area contributed by atoms with Crippen molar-refractivity contribution in [1.82, 2.24) is 15.6 Å². The number of aromatic amines is 1. The molecule has 2 heterocycles. The molecule has 27 heavy (non-hydrogen) atoms. The second-order valence-electron chi connectivity index (χ2n) is 7.10. The fourth-order valence-corrected chi connectivity index (χ4v) is 4.50. The molecule has 1 aromatic heterocycles. The van der Waals surface area contributed by atoms with Gasteiger partial charge in [-0.2, -0.15) is 0 Å². The zero-order valence-corrected chi connectivity index (χ0v) is 15.2. The number of imide groups is 1. The molecule has 0 saturated carbocycles. The third-order valence-electron chi connectivity index (χ3n) is 5.57. The summed E-state index contributed by atoms with van der Waals surface area (Å²) in [6, 6.07) is 5.87. The summed E-state index contributed by atoms with van der Waals surface area (Å²) in [5.41, 5.74) is 5.18. The van der Waals surface area contributed by atoms with Gasteiger partial charge in [-0.25, -0.2) is 0 Å². The minimum atomic E-state index is -0.307. The number of likely N-dealkylation sites (N-methyl/N-ethyl adjacent to an activating group) is 1. The predicted octanol–water partition coefficient (Wildman–Crippen LogP) is 2.68. The summed E-state index contributed by atoms with van der Waals surface area (Å²) in [5, 5.41) is 7.45. The maximum Gasteiger partial charge on any atom is 0.259 e. The topological polar surface area (TPSA) is 83.2 Å². The Kier molecular flexibility index (Phi) is 3.68. The summed E-state index contributed by atoms with van der Waals surface area (Å²) >= 11 is 0. The number of hydrogen-bond donors (Lipinski definition) is 3. The van der Waals surface area contributed by atoms with Crippen molar-refractivity contribution in [3.63, 3.8) is 0 Å². The smallest absolute Gasteiger partial charge is 0.259 e. The number of carbonyl (C=O) groups is 2. The first-order chi connectivity index (χ1) is 13.2. The van der Waals surface area contributed by atoms with Crippen molar-refractivity contribution >= 4 is 33.6 Å². The van der Waals surface area contributed by atoms with Crippen LogP contribution in [0.3, 0.4) is 0 Å². The van der Waals surface area contributed by atoms with Crippen molar-refractivity contribution in [1.29, 1.82) is 0 Å². The van der Waals surface area contributed by atoms with Crippen LogP contribution in [0.5, 0.6) is 5.75 Å². The van der Waals surface area contributed by atoms with Crippen molar-refractivity contribution < 1.29 is 14.3 Å². The molecular weight excluding hydrogens is 342 g/mol. The highest BCUT2D eigenvalue weighted by Gasteiger charge is 2.37. The molecule has 6 nitrogen and oxygen atoms in total. The van der Waals surface area contributed by atoms with E-state index in [1.54, 1.807) is 0 Å². The predicted molar refractivity (Wildman–Crippen MR) is 104 cm³/mol. The van der Waals surface area contributed by atoms with Crippen LogP contribution in [0.2, 0.25) is 0 Å². The summed E-state index contributed by atoms with van der Waals surface area (Å²) in [7, 11) is 0. The number of H-pyrrole nitrogens is 1. The third-order valence-corrected chi connectivity index (χ3v) is 5.57. The summed E-state index contributed by atoms with van der Waals surface area (Å²) in [6.45, 7) is 4.24. The molecule has 0 atom stereocenters. The first kappa shape index (κ1) is 16.3. The lowest BCUT2D eigenvalue weighted by Crippen LogP contribution is -2.20. The molecule has 1 aliphatic heterocycles. The molecule has 0 spiro atoms. The van der Waals surface area contributed by atoms with Gasteiger partial charge in [0.05, 0.1) is 27.5 Å². The van der Waals surface area contributed by atoms with E-state index in [0.717, 1.165) is 65.5 Å². The maximum atomic E-state index is 12.6. The number of carbonyl (C=O) groups excluding carboxylic acids is 2. The number of rotatable bonds is 5. The summed E-state index contributed by atoms with van der Waals surface area (Å²) in [4.78, 5) is 28.6. The number of nitrogens with one attached hydrogen (secondary N) is 3. The Morgan fingerprint density at radius 1 is 1.07 bits per heavy atom. The van der Waals surface area contributed by atoms with E-state index >= 15 is 0 Å². The van der Waals surface area contributed by atoms with Crippen LogP contribution in [-0.4, -0.2) is 36.5 Å². The Bertz CT molecular complexity index is 1110. The lowest BCUT2D eigenvalue weighted by Gasteiger charge is -2.10. The Labute approximate surface area is 156 Å². The molecule has 2 amide bonds. The molecule has 0 saturated heterocycles. The quantitative estimate of drug-likeness (QED) is 0.481. The number of fused-ring (bicyclic) bond motifs is 8. The van der Waals surface area contributed by atoms with E-state index < -0.39 is 0 Å². The molecule has 5 rings (SSSR count). The second-order valence-corrected chi connectivity index (χ2v) is 7.10. The van der Waals surface area contributed by atoms with Crippen LogP contribution in [0, 0.1) is 0 Å². The minimum absolute atomic E-state index is 0.269. The molecule has 6 heteroatoms. The highest BCUT2D eigenvalue weighted by atomic mass is 16.5. The van der Waals surface area contributed by atoms with Gasteiger partial charge in [0.1, 0.15) is 12.4 Å². The molecule has 2 aromatic carbocycles. The van der Waals surface area contributed by atoms with Gasteiger partial charge in [-0.1, -0.05) is 13.0 Å². The number of benzene rings is 2. The van der Waals surface area contributed by atoms with E-state index in [9.17, 15) is 9.59 Å². The van der Waals surface area contributed by atoms with Gasteiger partial charge >= 0.3 is 0 Å². The average Bonchev–Trinajstić information content (AvgIpc) is 3.34. The normalized spacial score (nSPS) is 15.4. The Morgan fingerprint density at radius 2 is 1.89 bits per heavy atom. The SMILES string of the molecule is CCNCCOc1cccc2[nH]c3c4c(c5c(c3c12)C(=O)NC5=O)CCC4. The summed E-state index contributed by atoms with van der Waals surface area (Å²) in [5.74, 6) is 0.164. The van der Waals surface area contributed by atoms with Crippen LogP contribution in [0.25, 0.3) is 21.8 Å². The molecule has 0 radical (unpaired) electrons. The number of amides is 2. The van der Waals surface area contributed by atoms with Crippen molar-refractivity contribution in [3.05, 3.63) is 40.5 Å². The van der Waals surface area contributed by atoms with Crippen LogP contribution in [0.1, 0.15) is 45.2 Å². The monoisotopic (exact) mass is 363 g/mol. The number of hydrogen-bond acceptors (Lipinski definition) is 4. The van der Waals surface area contributed by atoms with E-state index in [0.29, 0.717) is 17.7 Å². The molecule has 0 unspecified atom stereocenters. The summed E-state index contributed by atoms with van der Waals surface area (Å²) < 4.78 is 6.03. The van der Waals surface area contributed by atoms with E-state index in [4.69, 9.17) is 4.74 Å². The minimum Gasteiger partial charge on any atom is -0.492 e. The van der Waals surface area contributed by atoms with Crippen LogP contribution in [0.4, 0.5) is 0 Å². The van der Waals surface area contributed by atoms with E-state index in [1.165, 1.54) is 5.56 Å². The lowest BCUT2D eigenvalue weighted by molar-refractivity contribution is 0.0880. The molecule has 2 aliphatic rings. The Morgan fingerprint density at radius 3 is 2.74 bits per heavy atom. The van der Waals surface area contributed by atoms with Crippen molar-refractivity contribution in [3.8, 4) is 5.75 Å². The highest BCUT2D eigenvalue weighted by molar-refractivity contribution is 6.31. The van der Waals surface area contributed by atoms with Gasteiger partial charge in [-0.05, 0) is 49.1 Å². The zero-order chi connectivity index (χ0) is 18.5. The molecular formula is C21H21N3O3. The molecule has 138 valence electrons. The van der Waals surface area contributed by atoms with Crippen LogP contribution < -0.4 is 15.4 Å². The first-order valence-electron chi connectivity index (χ1n) is 9.52. The molecule has 3 N–H and O–H groups in total. The van der Waals surface area contributed by atoms with Gasteiger partial charge in [0, 0.05) is 11.9 Å². The van der Waals surface area contributed by atoms with Gasteiger partial charge in [-0.15, -0.1) is 0 Å². The van der Waals surface area contributed by atoms with Crippen LogP contribution >= 0.6 is 0 Å². The van der Waals surface area contributed by atoms with Gasteiger partial charge in [0.15, 0.2) is 0 Å². The first-order valence-corrected chi connectivity index (χ1v) is 9.52. The fourth-order valence-electron chi connectivity index (χ4n) is 4.50. The third kappa shape index (κ3) is 2.29. The number of aromatic nitrogens is 1. The maximum absolute atomic E-state index is 12.6. The van der Waals surface area contributed by atoms with E-state index in [2.05, 4.69) is 22.5 Å². The van der Waals surface area contributed by atoms with Crippen molar-refractivity contribution in [2.45, 2.75) is 26.2 Å². The van der Waals surface area contributed by atoms with E-state index in [-0.39, 0.29) is 11.8 Å². The van der Waals surface area contributed by atoms with Gasteiger partial charge in [0.2, 0.25) is 0 Å². The Hall–Kier alpha value is -2.86. The summed E-state index contributed by atoms with van der Waals surface area (Å²) in [6.07, 6.45) is 2.77. The standard InChI is InChI=1S/C21H21N3O3/c1-2-22-9-10-27-14-8-4-7-13-16(14)17-18-15(20(25)24-21(18)26)11-5-3-6-12(11)19(17)23-13/h4,7-8,22-23H,2-3,5-6,9-10H2,1H3,(H,24,25,26). The fraction of sp³-hybridized carbons (Fsp3) is 0.333. The van der Waals surface area contributed by atoms with Crippen molar-refractivity contribution in [2.75, 3.05) is 19.7 Å². The van der Waals surface area contributed by atoms with Crippen LogP contribution in [-0.2, 0) is 12.8 Å². The number of aryl methyl sites for hydroxylation is 1. The van der Waals surface area contributed by atoms with Crippen molar-refractivity contribution in [2.24, 2.45) is 0 Å². The number of ether oxygens (including phenoxy) is 1. The van der Waals surface area contributed by atoms with Crippen LogP contribution in [0.15, 0.2) is 18.2 Å². The van der Waals surface area contributed by atoms with Gasteiger partial charge in [0.25, 0.3) is 11.8 Å². The molecule has 3 aromatic rings.